The van der Waals surface area contributed by atoms with E-state index in [1.165, 1.54) is 22.0 Å². The van der Waals surface area contributed by atoms with Crippen LogP contribution in [0.25, 0.3) is 10.9 Å². The van der Waals surface area contributed by atoms with E-state index in [9.17, 15) is 0 Å². The fourth-order valence-corrected chi connectivity index (χ4v) is 3.15. The maximum atomic E-state index is 5.78. The van der Waals surface area contributed by atoms with Crippen LogP contribution in [-0.2, 0) is 13.1 Å². The summed E-state index contributed by atoms with van der Waals surface area (Å²) in [6.07, 6.45) is 2.16. The van der Waals surface area contributed by atoms with E-state index in [4.69, 9.17) is 10.5 Å². The molecule has 2 aromatic carbocycles. The van der Waals surface area contributed by atoms with Crippen LogP contribution in [0.3, 0.4) is 0 Å². The molecule has 1 atom stereocenters. The molecule has 0 amide bonds. The van der Waals surface area contributed by atoms with E-state index < -0.39 is 0 Å². The Kier molecular flexibility index (Phi) is 2.93. The zero-order valence-electron chi connectivity index (χ0n) is 11.8. The molecule has 3 nitrogen and oxygen atoms in total. The number of fused-ring (bicyclic) bond motifs is 2. The Morgan fingerprint density at radius 3 is 2.95 bits per heavy atom. The SMILES string of the molecule is NCc1ccc2c(ccn2CC2COc3ccccc32)c1. The number of ether oxygens (including phenoxy) is 1. The first-order chi connectivity index (χ1) is 10.3. The molecule has 0 spiro atoms. The third-order valence-electron chi connectivity index (χ3n) is 4.29. The fourth-order valence-electron chi connectivity index (χ4n) is 3.15. The Balaban J connectivity index is 1.66. The van der Waals surface area contributed by atoms with Gasteiger partial charge in [-0.15, -0.1) is 0 Å². The number of hydrogen-bond acceptors (Lipinski definition) is 2. The first-order valence-corrected chi connectivity index (χ1v) is 7.35. The van der Waals surface area contributed by atoms with Gasteiger partial charge in [0, 0.05) is 36.3 Å². The monoisotopic (exact) mass is 278 g/mol. The van der Waals surface area contributed by atoms with Gasteiger partial charge < -0.3 is 15.0 Å². The number of nitrogens with zero attached hydrogens (tertiary/aromatic N) is 1. The van der Waals surface area contributed by atoms with Gasteiger partial charge >= 0.3 is 0 Å². The number of nitrogens with two attached hydrogens (primary N) is 1. The highest BCUT2D eigenvalue weighted by Crippen LogP contribution is 2.35. The van der Waals surface area contributed by atoms with Crippen LogP contribution in [0.4, 0.5) is 0 Å². The molecular formula is C18H18N2O. The molecule has 3 heteroatoms. The first-order valence-electron chi connectivity index (χ1n) is 7.35. The topological polar surface area (TPSA) is 40.2 Å². The first kappa shape index (κ1) is 12.5. The van der Waals surface area contributed by atoms with Crippen molar-refractivity contribution in [3.63, 3.8) is 0 Å². The molecule has 2 heterocycles. The summed E-state index contributed by atoms with van der Waals surface area (Å²) in [6, 6.07) is 16.9. The van der Waals surface area contributed by atoms with Crippen LogP contribution in [-0.4, -0.2) is 11.2 Å². The summed E-state index contributed by atoms with van der Waals surface area (Å²) in [6.45, 7) is 2.30. The lowest BCUT2D eigenvalue weighted by Gasteiger charge is -2.12. The standard InChI is InChI=1S/C18H18N2O/c19-10-13-5-6-17-14(9-13)7-8-20(17)11-15-12-21-18-4-2-1-3-16(15)18/h1-9,15H,10-12,19H2. The smallest absolute Gasteiger partial charge is 0.122 e. The Morgan fingerprint density at radius 2 is 2.05 bits per heavy atom. The van der Waals surface area contributed by atoms with Gasteiger partial charge in [0.2, 0.25) is 0 Å². The van der Waals surface area contributed by atoms with Crippen LogP contribution >= 0.6 is 0 Å². The van der Waals surface area contributed by atoms with Crippen molar-refractivity contribution < 1.29 is 4.74 Å². The lowest BCUT2D eigenvalue weighted by atomic mass is 10.0. The quantitative estimate of drug-likeness (QED) is 0.798. The van der Waals surface area contributed by atoms with Crippen LogP contribution in [0.2, 0.25) is 0 Å². The van der Waals surface area contributed by atoms with Gasteiger partial charge in [0.15, 0.2) is 0 Å². The van der Waals surface area contributed by atoms with Crippen molar-refractivity contribution in [1.82, 2.24) is 4.57 Å². The Hall–Kier alpha value is -2.26. The Bertz CT molecular complexity index is 791. The molecule has 1 aliphatic rings. The summed E-state index contributed by atoms with van der Waals surface area (Å²) in [5, 5.41) is 1.25. The molecule has 106 valence electrons. The van der Waals surface area contributed by atoms with Gasteiger partial charge in [-0.2, -0.15) is 0 Å². The molecule has 4 rings (SSSR count). The van der Waals surface area contributed by atoms with Gasteiger partial charge in [0.05, 0.1) is 6.61 Å². The van der Waals surface area contributed by atoms with Crippen molar-refractivity contribution in [1.29, 1.82) is 0 Å². The lowest BCUT2D eigenvalue weighted by molar-refractivity contribution is 0.320. The molecule has 0 aliphatic carbocycles. The molecule has 0 radical (unpaired) electrons. The molecule has 0 saturated carbocycles. The number of rotatable bonds is 3. The summed E-state index contributed by atoms with van der Waals surface area (Å²) >= 11 is 0. The Morgan fingerprint density at radius 1 is 1.14 bits per heavy atom. The second-order valence-electron chi connectivity index (χ2n) is 5.61. The lowest BCUT2D eigenvalue weighted by Crippen LogP contribution is -2.09. The van der Waals surface area contributed by atoms with E-state index in [0.29, 0.717) is 12.5 Å². The summed E-state index contributed by atoms with van der Waals surface area (Å²) < 4.78 is 8.09. The van der Waals surface area contributed by atoms with E-state index in [2.05, 4.69) is 53.2 Å². The third kappa shape index (κ3) is 2.10. The predicted molar refractivity (Wildman–Crippen MR) is 84.5 cm³/mol. The van der Waals surface area contributed by atoms with Crippen molar-refractivity contribution in [3.8, 4) is 5.75 Å². The molecule has 3 aromatic rings. The molecule has 1 unspecified atom stereocenters. The van der Waals surface area contributed by atoms with Crippen molar-refractivity contribution >= 4 is 10.9 Å². The number of para-hydroxylation sites is 1. The highest BCUT2D eigenvalue weighted by molar-refractivity contribution is 5.80. The summed E-state index contributed by atoms with van der Waals surface area (Å²) in [5.74, 6) is 1.45. The molecule has 21 heavy (non-hydrogen) atoms. The number of hydrogen-bond donors (Lipinski definition) is 1. The number of benzene rings is 2. The van der Waals surface area contributed by atoms with E-state index in [0.717, 1.165) is 18.9 Å². The summed E-state index contributed by atoms with van der Waals surface area (Å²) in [4.78, 5) is 0. The zero-order chi connectivity index (χ0) is 14.2. The van der Waals surface area contributed by atoms with E-state index >= 15 is 0 Å². The maximum absolute atomic E-state index is 5.78. The zero-order valence-corrected chi connectivity index (χ0v) is 11.8. The highest BCUT2D eigenvalue weighted by atomic mass is 16.5. The molecule has 0 bridgehead atoms. The summed E-state index contributed by atoms with van der Waals surface area (Å²) in [7, 11) is 0. The Labute approximate surface area is 123 Å². The van der Waals surface area contributed by atoms with E-state index in [1.54, 1.807) is 0 Å². The molecule has 1 aliphatic heterocycles. The van der Waals surface area contributed by atoms with Crippen LogP contribution in [0.5, 0.6) is 5.75 Å². The number of aromatic nitrogens is 1. The molecular weight excluding hydrogens is 260 g/mol. The minimum atomic E-state index is 0.422. The minimum Gasteiger partial charge on any atom is -0.493 e. The van der Waals surface area contributed by atoms with E-state index in [-0.39, 0.29) is 0 Å². The molecule has 2 N–H and O–H groups in total. The van der Waals surface area contributed by atoms with Crippen LogP contribution in [0.15, 0.2) is 54.7 Å². The average molecular weight is 278 g/mol. The third-order valence-corrected chi connectivity index (χ3v) is 4.29. The van der Waals surface area contributed by atoms with Crippen molar-refractivity contribution in [2.24, 2.45) is 5.73 Å². The molecule has 1 aromatic heterocycles. The van der Waals surface area contributed by atoms with Crippen molar-refractivity contribution in [2.75, 3.05) is 6.61 Å². The van der Waals surface area contributed by atoms with Crippen molar-refractivity contribution in [2.45, 2.75) is 19.0 Å². The normalized spacial score (nSPS) is 16.9. The van der Waals surface area contributed by atoms with Gasteiger partial charge in [-0.05, 0) is 35.2 Å². The van der Waals surface area contributed by atoms with Crippen LogP contribution < -0.4 is 10.5 Å². The minimum absolute atomic E-state index is 0.422. The second kappa shape index (κ2) is 4.93. The average Bonchev–Trinajstić information content (AvgIpc) is 3.12. The van der Waals surface area contributed by atoms with Gasteiger partial charge in [-0.3, -0.25) is 0 Å². The van der Waals surface area contributed by atoms with Crippen molar-refractivity contribution in [3.05, 3.63) is 65.9 Å². The van der Waals surface area contributed by atoms with Gasteiger partial charge in [0.25, 0.3) is 0 Å². The maximum Gasteiger partial charge on any atom is 0.122 e. The predicted octanol–water partition coefficient (Wildman–Crippen LogP) is 3.28. The van der Waals surface area contributed by atoms with Crippen LogP contribution in [0, 0.1) is 0 Å². The van der Waals surface area contributed by atoms with Gasteiger partial charge in [-0.25, -0.2) is 0 Å². The van der Waals surface area contributed by atoms with Gasteiger partial charge in [-0.1, -0.05) is 24.3 Å². The largest absolute Gasteiger partial charge is 0.493 e. The molecule has 0 saturated heterocycles. The van der Waals surface area contributed by atoms with Gasteiger partial charge in [0.1, 0.15) is 5.75 Å². The fraction of sp³-hybridized carbons (Fsp3) is 0.222. The molecule has 0 fully saturated rings. The van der Waals surface area contributed by atoms with E-state index in [1.807, 2.05) is 6.07 Å². The highest BCUT2D eigenvalue weighted by Gasteiger charge is 2.24. The second-order valence-corrected chi connectivity index (χ2v) is 5.61. The summed E-state index contributed by atoms with van der Waals surface area (Å²) in [5.41, 5.74) is 9.46. The van der Waals surface area contributed by atoms with Crippen LogP contribution in [0.1, 0.15) is 17.0 Å².